The first-order chi connectivity index (χ1) is 20.5. The molecular weight excluding hydrogens is 729 g/mol. The summed E-state index contributed by atoms with van der Waals surface area (Å²) in [5, 5.41) is 0. The third kappa shape index (κ3) is 7.70. The summed E-state index contributed by atoms with van der Waals surface area (Å²) in [5.41, 5.74) is -1.42. The SMILES string of the molecule is Cc1c(F)c(F)c(F)c(C2CCC3C=CC=CC32)c1F.Fc1c(F)c(F)c(C2CCC3C=CC=CC32)c(F)c1F.[CH3-].[CH3-].[Cl][Zr+2][Cl]. The number of hydrogen-bond donors (Lipinski definition) is 0. The first-order valence-corrected chi connectivity index (χ1v) is 19.8. The molecule has 4 aliphatic rings. The van der Waals surface area contributed by atoms with Crippen LogP contribution in [0.2, 0.25) is 0 Å². The van der Waals surface area contributed by atoms with E-state index < -0.39 is 96.2 Å². The van der Waals surface area contributed by atoms with E-state index in [-0.39, 0.29) is 44.1 Å². The quantitative estimate of drug-likeness (QED) is 0.124. The fourth-order valence-electron chi connectivity index (χ4n) is 6.63. The Balaban J connectivity index is 0.000000277. The molecule has 0 aromatic heterocycles. The van der Waals surface area contributed by atoms with Gasteiger partial charge in [0.1, 0.15) is 5.82 Å². The molecule has 0 heterocycles. The molecule has 12 heteroatoms. The van der Waals surface area contributed by atoms with Crippen LogP contribution in [0.15, 0.2) is 48.6 Å². The van der Waals surface area contributed by atoms with Gasteiger partial charge >= 0.3 is 37.9 Å². The van der Waals surface area contributed by atoms with Crippen LogP contribution in [0.25, 0.3) is 0 Å². The van der Waals surface area contributed by atoms with Crippen LogP contribution in [0.1, 0.15) is 54.2 Å². The van der Waals surface area contributed by atoms with Crippen LogP contribution in [-0.2, 0) is 20.8 Å². The van der Waals surface area contributed by atoms with Crippen LogP contribution in [0, 0.1) is 97.8 Å². The average Bonchev–Trinajstić information content (AvgIpc) is 3.63. The summed E-state index contributed by atoms with van der Waals surface area (Å²) in [5.74, 6) is -15.6. The second-order valence-corrected chi connectivity index (χ2v) is 14.5. The average molecular weight is 761 g/mol. The minimum absolute atomic E-state index is 0. The molecule has 0 spiro atoms. The Morgan fingerprint density at radius 3 is 1.20 bits per heavy atom. The van der Waals surface area contributed by atoms with Crippen LogP contribution >= 0.6 is 17.0 Å². The Morgan fingerprint density at radius 1 is 0.489 bits per heavy atom. The number of hydrogen-bond acceptors (Lipinski definition) is 0. The van der Waals surface area contributed by atoms with E-state index in [4.69, 9.17) is 17.0 Å². The van der Waals surface area contributed by atoms with Gasteiger partial charge in [-0.1, -0.05) is 48.6 Å². The van der Waals surface area contributed by atoms with Gasteiger partial charge in [-0.25, -0.2) is 39.5 Å². The zero-order chi connectivity index (χ0) is 31.6. The van der Waals surface area contributed by atoms with Crippen molar-refractivity contribution in [1.82, 2.24) is 0 Å². The van der Waals surface area contributed by atoms with Crippen molar-refractivity contribution in [3.63, 3.8) is 0 Å². The Labute approximate surface area is 276 Å². The van der Waals surface area contributed by atoms with Gasteiger partial charge in [0.05, 0.1) is 0 Å². The molecule has 4 aliphatic carbocycles. The van der Waals surface area contributed by atoms with E-state index in [1.807, 2.05) is 36.5 Å². The second-order valence-electron chi connectivity index (χ2n) is 10.7. The molecule has 0 N–H and O–H groups in total. The Kier molecular flexibility index (Phi) is 14.8. The molecule has 6 atom stereocenters. The summed E-state index contributed by atoms with van der Waals surface area (Å²) in [4.78, 5) is 0. The third-order valence-electron chi connectivity index (χ3n) is 8.65. The van der Waals surface area contributed by atoms with Crippen molar-refractivity contribution in [2.75, 3.05) is 0 Å². The van der Waals surface area contributed by atoms with E-state index in [0.717, 1.165) is 13.3 Å². The molecule has 0 amide bonds. The minimum atomic E-state index is -2.10. The van der Waals surface area contributed by atoms with E-state index in [2.05, 4.69) is 0 Å². The molecular formula is C33H31Cl2F9Zr. The second kappa shape index (κ2) is 16.9. The van der Waals surface area contributed by atoms with Crippen LogP contribution in [0.5, 0.6) is 0 Å². The van der Waals surface area contributed by atoms with Crippen molar-refractivity contribution in [3.05, 3.63) is 133 Å². The summed E-state index contributed by atoms with van der Waals surface area (Å²) in [6.45, 7) is 1.14. The Bertz CT molecular complexity index is 1320. The zero-order valence-corrected chi connectivity index (χ0v) is 28.5. The maximum absolute atomic E-state index is 14.2. The summed E-state index contributed by atoms with van der Waals surface area (Å²) >= 11 is -0.826. The molecule has 2 aromatic rings. The van der Waals surface area contributed by atoms with Crippen molar-refractivity contribution in [3.8, 4) is 0 Å². The normalized spacial score (nSPS) is 25.1. The van der Waals surface area contributed by atoms with Gasteiger partial charge in [-0.05, 0) is 68.1 Å². The van der Waals surface area contributed by atoms with Crippen molar-refractivity contribution in [1.29, 1.82) is 0 Å². The Morgan fingerprint density at radius 2 is 0.800 bits per heavy atom. The molecule has 2 aromatic carbocycles. The van der Waals surface area contributed by atoms with E-state index in [1.54, 1.807) is 12.2 Å². The summed E-state index contributed by atoms with van der Waals surface area (Å²) in [6, 6.07) is 0. The molecule has 244 valence electrons. The first-order valence-electron chi connectivity index (χ1n) is 13.5. The number of fused-ring (bicyclic) bond motifs is 2. The molecule has 0 aliphatic heterocycles. The first kappa shape index (κ1) is 39.4. The maximum atomic E-state index is 14.2. The number of benzene rings is 2. The molecule has 0 nitrogen and oxygen atoms in total. The topological polar surface area (TPSA) is 0 Å². The molecule has 2 fully saturated rings. The van der Waals surface area contributed by atoms with Crippen LogP contribution < -0.4 is 0 Å². The van der Waals surface area contributed by atoms with Crippen molar-refractivity contribution < 1.29 is 60.4 Å². The Hall–Kier alpha value is -1.77. The van der Waals surface area contributed by atoms with Crippen molar-refractivity contribution in [2.45, 2.75) is 44.4 Å². The predicted molar refractivity (Wildman–Crippen MR) is 156 cm³/mol. The summed E-state index contributed by atoms with van der Waals surface area (Å²) in [6.07, 6.45) is 17.4. The van der Waals surface area contributed by atoms with Crippen LogP contribution in [-0.4, -0.2) is 0 Å². The fourth-order valence-corrected chi connectivity index (χ4v) is 6.63. The zero-order valence-electron chi connectivity index (χ0n) is 24.6. The van der Waals surface area contributed by atoms with Gasteiger partial charge in [0.15, 0.2) is 40.7 Å². The van der Waals surface area contributed by atoms with E-state index >= 15 is 0 Å². The standard InChI is InChI=1S/C16H14F4.C15H11F5.2CH3.2ClH.Zr/c1-8-13(17)12(15(19)16(20)14(8)18)11-7-6-9-4-2-3-5-10(9)11;16-11-10(12(17)14(19)15(20)13(11)18)9-6-5-7-3-1-2-4-8(7)9;;;;;/h2-5,9-11H,6-7H2,1H3;1-4,7-9H,5-6H2;2*1H3;2*1H;/q;;2*-1;;;+4/p-2. The van der Waals surface area contributed by atoms with Gasteiger partial charge in [0.2, 0.25) is 5.82 Å². The van der Waals surface area contributed by atoms with Crippen LogP contribution in [0.4, 0.5) is 39.5 Å². The molecule has 0 saturated heterocycles. The van der Waals surface area contributed by atoms with Crippen LogP contribution in [0.3, 0.4) is 0 Å². The summed E-state index contributed by atoms with van der Waals surface area (Å²) < 4.78 is 123. The van der Waals surface area contributed by atoms with Crippen molar-refractivity contribution in [2.24, 2.45) is 23.7 Å². The monoisotopic (exact) mass is 758 g/mol. The predicted octanol–water partition coefficient (Wildman–Crippen LogP) is 11.7. The molecule has 0 bridgehead atoms. The number of halogens is 11. The molecule has 6 rings (SSSR count). The summed E-state index contributed by atoms with van der Waals surface area (Å²) in [7, 11) is 9.87. The van der Waals surface area contributed by atoms with Gasteiger partial charge in [-0.15, -0.1) is 0 Å². The molecule has 0 radical (unpaired) electrons. The number of allylic oxidation sites excluding steroid dienone is 8. The van der Waals surface area contributed by atoms with E-state index in [1.165, 1.54) is 0 Å². The van der Waals surface area contributed by atoms with E-state index in [0.29, 0.717) is 19.3 Å². The van der Waals surface area contributed by atoms with Gasteiger partial charge in [-0.3, -0.25) is 0 Å². The third-order valence-corrected chi connectivity index (χ3v) is 8.65. The van der Waals surface area contributed by atoms with Gasteiger partial charge < -0.3 is 14.9 Å². The molecule has 2 saturated carbocycles. The molecule has 6 unspecified atom stereocenters. The van der Waals surface area contributed by atoms with Gasteiger partial charge in [-0.2, -0.15) is 0 Å². The van der Waals surface area contributed by atoms with Gasteiger partial charge in [0, 0.05) is 16.7 Å². The van der Waals surface area contributed by atoms with E-state index in [9.17, 15) is 39.5 Å². The van der Waals surface area contributed by atoms with Crippen molar-refractivity contribution >= 4 is 17.0 Å². The van der Waals surface area contributed by atoms with Gasteiger partial charge in [0.25, 0.3) is 0 Å². The number of rotatable bonds is 2. The fraction of sp³-hybridized carbons (Fsp3) is 0.333. The molecule has 45 heavy (non-hydrogen) atoms.